The molecule has 1 unspecified atom stereocenters. The molecule has 0 spiro atoms. The summed E-state index contributed by atoms with van der Waals surface area (Å²) in [5, 5.41) is 7.64. The number of rotatable bonds is 6. The lowest BCUT2D eigenvalue weighted by Gasteiger charge is -2.25. The average Bonchev–Trinajstić information content (AvgIpc) is 2.92. The molecular formula is C35H37N2+. The van der Waals surface area contributed by atoms with Crippen molar-refractivity contribution in [1.82, 2.24) is 0 Å². The first-order chi connectivity index (χ1) is 18.0. The Hall–Kier alpha value is -3.91. The second-order valence-electron chi connectivity index (χ2n) is 10.6. The highest BCUT2D eigenvalue weighted by atomic mass is 15.0. The Morgan fingerprint density at radius 3 is 2.14 bits per heavy atom. The van der Waals surface area contributed by atoms with Gasteiger partial charge in [0.1, 0.15) is 12.8 Å². The maximum absolute atomic E-state index is 4.59. The second kappa shape index (κ2) is 10.6. The maximum Gasteiger partial charge on any atom is 0.218 e. The van der Waals surface area contributed by atoms with Gasteiger partial charge in [0.2, 0.25) is 11.0 Å². The fraction of sp³-hybridized carbons (Fsp3) is 0.229. The molecule has 0 amide bonds. The van der Waals surface area contributed by atoms with Crippen LogP contribution in [0.4, 0.5) is 5.69 Å². The molecule has 0 saturated carbocycles. The lowest BCUT2D eigenvalue weighted by molar-refractivity contribution is -0.520. The van der Waals surface area contributed by atoms with Crippen molar-refractivity contribution >= 4 is 11.8 Å². The minimum atomic E-state index is -0.0561. The molecule has 1 heterocycles. The Kier molecular flexibility index (Phi) is 7.10. The normalized spacial score (nSPS) is 14.3. The van der Waals surface area contributed by atoms with Crippen LogP contribution in [0.2, 0.25) is 0 Å². The minimum absolute atomic E-state index is 0.0561. The molecule has 5 rings (SSSR count). The van der Waals surface area contributed by atoms with Gasteiger partial charge in [-0.3, -0.25) is 0 Å². The summed E-state index contributed by atoms with van der Waals surface area (Å²) in [6, 6.07) is 30.5. The van der Waals surface area contributed by atoms with Gasteiger partial charge in [0, 0.05) is 17.8 Å². The molecule has 1 aliphatic rings. The highest BCUT2D eigenvalue weighted by molar-refractivity contribution is 5.62. The molecule has 0 fully saturated rings. The highest BCUT2D eigenvalue weighted by Crippen LogP contribution is 2.36. The molecule has 3 aromatic carbocycles. The zero-order valence-electron chi connectivity index (χ0n) is 22.4. The van der Waals surface area contributed by atoms with E-state index >= 15 is 0 Å². The molecular weight excluding hydrogens is 448 g/mol. The Balaban J connectivity index is 1.78. The zero-order valence-corrected chi connectivity index (χ0v) is 22.4. The van der Waals surface area contributed by atoms with Gasteiger partial charge in [-0.05, 0) is 57.9 Å². The summed E-state index contributed by atoms with van der Waals surface area (Å²) >= 11 is 0. The van der Waals surface area contributed by atoms with Crippen LogP contribution < -0.4 is 14.8 Å². The van der Waals surface area contributed by atoms with Crippen LogP contribution in [-0.4, -0.2) is 0 Å². The van der Waals surface area contributed by atoms with E-state index in [9.17, 15) is 0 Å². The van der Waals surface area contributed by atoms with Crippen LogP contribution in [0, 0.1) is 17.3 Å². The van der Waals surface area contributed by atoms with E-state index in [1.54, 1.807) is 0 Å². The first-order valence-electron chi connectivity index (χ1n) is 13.4. The summed E-state index contributed by atoms with van der Waals surface area (Å²) in [7, 11) is 0. The molecule has 2 heteroatoms. The van der Waals surface area contributed by atoms with E-state index in [-0.39, 0.29) is 6.04 Å². The van der Waals surface area contributed by atoms with E-state index < -0.39 is 0 Å². The van der Waals surface area contributed by atoms with E-state index in [1.165, 1.54) is 38.4 Å². The molecule has 1 aliphatic carbocycles. The molecule has 0 aliphatic heterocycles. The lowest BCUT2D eigenvalue weighted by atomic mass is 9.91. The minimum Gasteiger partial charge on any atom is -0.369 e. The number of fused-ring (bicyclic) bond motifs is 1. The van der Waals surface area contributed by atoms with Crippen LogP contribution in [-0.2, 0) is 6.42 Å². The summed E-state index contributed by atoms with van der Waals surface area (Å²) < 4.78 is 2.12. The summed E-state index contributed by atoms with van der Waals surface area (Å²) in [6.45, 7) is 13.7. The van der Waals surface area contributed by atoms with Crippen LogP contribution in [0.5, 0.6) is 0 Å². The summed E-state index contributed by atoms with van der Waals surface area (Å²) in [6.07, 6.45) is 7.57. The van der Waals surface area contributed by atoms with Crippen LogP contribution in [0.15, 0.2) is 97.1 Å². The predicted molar refractivity (Wildman–Crippen MR) is 155 cm³/mol. The number of nitrogens with zero attached hydrogens (tertiary/aromatic N) is 1. The third kappa shape index (κ3) is 4.89. The van der Waals surface area contributed by atoms with Gasteiger partial charge in [0.25, 0.3) is 0 Å². The van der Waals surface area contributed by atoms with Gasteiger partial charge >= 0.3 is 0 Å². The molecule has 0 radical (unpaired) electrons. The van der Waals surface area contributed by atoms with Crippen LogP contribution in [0.1, 0.15) is 73.5 Å². The first-order valence-corrected chi connectivity index (χ1v) is 13.4. The molecule has 37 heavy (non-hydrogen) atoms. The largest absolute Gasteiger partial charge is 0.369 e. The molecule has 1 N–H and O–H groups in total. The number of hydrogen-bond donors (Lipinski definition) is 1. The smallest absolute Gasteiger partial charge is 0.218 e. The number of nitrogens with one attached hydrogen (secondary N) is 1. The molecule has 0 bridgehead atoms. The van der Waals surface area contributed by atoms with Crippen molar-refractivity contribution in [3.05, 3.63) is 148 Å². The highest BCUT2D eigenvalue weighted by Gasteiger charge is 2.25. The Morgan fingerprint density at radius 1 is 0.757 bits per heavy atom. The number of pyridine rings is 1. The number of benzene rings is 3. The third-order valence-electron chi connectivity index (χ3n) is 7.42. The number of allylic oxidation sites excluding steroid dienone is 2. The molecule has 186 valence electrons. The summed E-state index contributed by atoms with van der Waals surface area (Å²) in [5.74, 6) is 0.825. The van der Waals surface area contributed by atoms with Crippen LogP contribution in [0.3, 0.4) is 0 Å². The van der Waals surface area contributed by atoms with Crippen molar-refractivity contribution in [2.45, 2.75) is 52.0 Å². The lowest BCUT2D eigenvalue weighted by Crippen LogP contribution is -2.31. The molecule has 2 nitrogen and oxygen atoms in total. The van der Waals surface area contributed by atoms with Crippen molar-refractivity contribution in [2.75, 3.05) is 5.32 Å². The van der Waals surface area contributed by atoms with E-state index in [4.69, 9.17) is 0 Å². The Morgan fingerprint density at radius 2 is 1.43 bits per heavy atom. The maximum atomic E-state index is 4.59. The van der Waals surface area contributed by atoms with Crippen molar-refractivity contribution in [1.29, 1.82) is 0 Å². The zero-order chi connectivity index (χ0) is 25.9. The van der Waals surface area contributed by atoms with Gasteiger partial charge < -0.3 is 5.32 Å². The second-order valence-corrected chi connectivity index (χ2v) is 10.6. The number of anilines is 1. The van der Waals surface area contributed by atoms with Gasteiger partial charge in [0.05, 0.1) is 5.22 Å². The summed E-state index contributed by atoms with van der Waals surface area (Å²) in [5.41, 5.74) is 7.63. The fourth-order valence-electron chi connectivity index (χ4n) is 5.45. The van der Waals surface area contributed by atoms with Crippen molar-refractivity contribution in [2.24, 2.45) is 0 Å². The topological polar surface area (TPSA) is 17.9 Å². The number of aromatic nitrogens is 1. The van der Waals surface area contributed by atoms with Gasteiger partial charge in [-0.25, -0.2) is 0 Å². The van der Waals surface area contributed by atoms with E-state index in [1.807, 2.05) is 0 Å². The molecule has 0 saturated heterocycles. The van der Waals surface area contributed by atoms with Gasteiger partial charge in [0.15, 0.2) is 0 Å². The first kappa shape index (κ1) is 24.8. The monoisotopic (exact) mass is 485 g/mol. The standard InChI is InChI=1S/C35H37N2/c1-24(2)28-19-12-20-29(25(3)4)35(28)36-34(27-15-7-6-8-16-27)33-23-13-22-32(37(33)5)31-21-11-17-26-14-9-10-18-30(26)31/h6-13,15-25,34,36H,5,14H2,1-4H3/q+1. The van der Waals surface area contributed by atoms with E-state index in [2.05, 4.69) is 147 Å². The van der Waals surface area contributed by atoms with Crippen LogP contribution in [0.25, 0.3) is 6.08 Å². The van der Waals surface area contributed by atoms with E-state index in [0.29, 0.717) is 11.8 Å². The summed E-state index contributed by atoms with van der Waals surface area (Å²) in [4.78, 5) is 0. The van der Waals surface area contributed by atoms with Gasteiger partial charge in [-0.1, -0.05) is 107 Å². The Labute approximate surface area is 220 Å². The van der Waals surface area contributed by atoms with E-state index in [0.717, 1.165) is 17.5 Å². The molecule has 4 aromatic rings. The average molecular weight is 486 g/mol. The number of hydrogen-bond acceptors (Lipinski definition) is 1. The quantitative estimate of drug-likeness (QED) is 0.285. The molecule has 1 aromatic heterocycles. The SMILES string of the molecule is C=[n+]1c(C(Nc2c(C(C)C)cccc2C(C)C)c2ccccc2)cccc1=c1cccc2c1=CC=CC2. The third-order valence-corrected chi connectivity index (χ3v) is 7.42. The van der Waals surface area contributed by atoms with Crippen molar-refractivity contribution < 1.29 is 4.24 Å². The fourth-order valence-corrected chi connectivity index (χ4v) is 5.45. The predicted octanol–water partition coefficient (Wildman–Crippen LogP) is 7.24. The number of para-hydroxylation sites is 1. The van der Waals surface area contributed by atoms with Gasteiger partial charge in [-0.2, -0.15) is 4.24 Å². The van der Waals surface area contributed by atoms with Crippen LogP contribution >= 0.6 is 0 Å². The van der Waals surface area contributed by atoms with Gasteiger partial charge in [-0.15, -0.1) is 0 Å². The Bertz CT molecular complexity index is 1620. The van der Waals surface area contributed by atoms with Crippen molar-refractivity contribution in [3.8, 4) is 0 Å². The molecule has 1 atom stereocenters. The van der Waals surface area contributed by atoms with Crippen molar-refractivity contribution in [3.63, 3.8) is 0 Å².